The summed E-state index contributed by atoms with van der Waals surface area (Å²) in [6, 6.07) is 0.599. The van der Waals surface area contributed by atoms with Crippen molar-refractivity contribution in [3.8, 4) is 0 Å². The largest absolute Gasteiger partial charge is 0.419 e. The van der Waals surface area contributed by atoms with Crippen molar-refractivity contribution in [1.29, 1.82) is 0 Å². The van der Waals surface area contributed by atoms with E-state index in [2.05, 4.69) is 20.9 Å². The van der Waals surface area contributed by atoms with E-state index in [4.69, 9.17) is 10.7 Å². The molecule has 0 N–H and O–H groups in total. The van der Waals surface area contributed by atoms with Gasteiger partial charge in [0.05, 0.1) is 5.56 Å². The third-order valence-corrected chi connectivity index (χ3v) is 3.01. The SMILES string of the molecule is O=S(=O)(Cl)c1ncc(Br)cc1C(F)(F)F. The highest BCUT2D eigenvalue weighted by Gasteiger charge is 2.38. The highest BCUT2D eigenvalue weighted by atomic mass is 79.9. The summed E-state index contributed by atoms with van der Waals surface area (Å²) in [5.41, 5.74) is -1.40. The van der Waals surface area contributed by atoms with Crippen molar-refractivity contribution in [2.24, 2.45) is 0 Å². The van der Waals surface area contributed by atoms with Crippen LogP contribution in [0.1, 0.15) is 5.56 Å². The Bertz CT molecular complexity index is 488. The number of halogens is 5. The summed E-state index contributed by atoms with van der Waals surface area (Å²) in [5, 5.41) is -1.19. The van der Waals surface area contributed by atoms with E-state index in [-0.39, 0.29) is 4.47 Å². The number of nitrogens with zero attached hydrogens (tertiary/aromatic N) is 1. The Balaban J connectivity index is 3.55. The van der Waals surface area contributed by atoms with E-state index in [0.717, 1.165) is 6.20 Å². The Morgan fingerprint density at radius 2 is 1.93 bits per heavy atom. The third-order valence-electron chi connectivity index (χ3n) is 1.35. The van der Waals surface area contributed by atoms with Crippen molar-refractivity contribution >= 4 is 35.7 Å². The van der Waals surface area contributed by atoms with E-state index in [1.54, 1.807) is 0 Å². The zero-order valence-electron chi connectivity index (χ0n) is 6.72. The summed E-state index contributed by atoms with van der Waals surface area (Å²) in [7, 11) is 0.303. The molecule has 0 spiro atoms. The number of alkyl halides is 3. The summed E-state index contributed by atoms with van der Waals surface area (Å²) < 4.78 is 58.7. The molecule has 3 nitrogen and oxygen atoms in total. The molecule has 9 heteroatoms. The first-order chi connectivity index (χ1) is 6.62. The summed E-state index contributed by atoms with van der Waals surface area (Å²) in [6.07, 6.45) is -3.90. The zero-order valence-corrected chi connectivity index (χ0v) is 9.87. The van der Waals surface area contributed by atoms with Gasteiger partial charge in [-0.3, -0.25) is 0 Å². The van der Waals surface area contributed by atoms with E-state index >= 15 is 0 Å². The number of rotatable bonds is 1. The van der Waals surface area contributed by atoms with Crippen LogP contribution in [0.3, 0.4) is 0 Å². The molecule has 0 aliphatic carbocycles. The van der Waals surface area contributed by atoms with Crippen molar-refractivity contribution in [2.45, 2.75) is 11.2 Å². The molecule has 0 radical (unpaired) electrons. The second kappa shape index (κ2) is 3.91. The van der Waals surface area contributed by atoms with Crippen molar-refractivity contribution in [3.05, 3.63) is 22.3 Å². The van der Waals surface area contributed by atoms with Crippen molar-refractivity contribution in [3.63, 3.8) is 0 Å². The molecule has 1 heterocycles. The van der Waals surface area contributed by atoms with Crippen LogP contribution in [-0.2, 0) is 15.2 Å². The van der Waals surface area contributed by atoms with E-state index in [1.165, 1.54) is 0 Å². The highest BCUT2D eigenvalue weighted by Crippen LogP contribution is 2.35. The van der Waals surface area contributed by atoms with Crippen LogP contribution < -0.4 is 0 Å². The molecule has 0 amide bonds. The Labute approximate surface area is 95.8 Å². The van der Waals surface area contributed by atoms with Gasteiger partial charge >= 0.3 is 6.18 Å². The van der Waals surface area contributed by atoms with E-state index in [1.807, 2.05) is 0 Å². The minimum absolute atomic E-state index is 0.0129. The van der Waals surface area contributed by atoms with E-state index in [9.17, 15) is 21.6 Å². The molecule has 0 atom stereocenters. The van der Waals surface area contributed by atoms with Crippen LogP contribution in [0.4, 0.5) is 13.2 Å². The molecule has 1 aromatic rings. The minimum atomic E-state index is -4.83. The van der Waals surface area contributed by atoms with Gasteiger partial charge in [-0.05, 0) is 22.0 Å². The smallest absolute Gasteiger partial charge is 0.242 e. The molecule has 1 aromatic heterocycles. The van der Waals surface area contributed by atoms with Crippen LogP contribution in [0.2, 0.25) is 0 Å². The molecular formula is C6H2BrClF3NO2S. The molecule has 0 aromatic carbocycles. The van der Waals surface area contributed by atoms with Gasteiger partial charge in [-0.15, -0.1) is 0 Å². The van der Waals surface area contributed by atoms with Gasteiger partial charge in [-0.2, -0.15) is 13.2 Å². The van der Waals surface area contributed by atoms with Crippen LogP contribution in [0.25, 0.3) is 0 Å². The summed E-state index contributed by atoms with van der Waals surface area (Å²) in [4.78, 5) is 3.13. The van der Waals surface area contributed by atoms with Crippen LogP contribution in [0.5, 0.6) is 0 Å². The fraction of sp³-hybridized carbons (Fsp3) is 0.167. The molecule has 15 heavy (non-hydrogen) atoms. The summed E-state index contributed by atoms with van der Waals surface area (Å²) in [5.74, 6) is 0. The molecular weight excluding hydrogens is 322 g/mol. The van der Waals surface area contributed by atoms with Crippen molar-refractivity contribution in [1.82, 2.24) is 4.98 Å². The number of pyridine rings is 1. The average Bonchev–Trinajstić information content (AvgIpc) is 2.00. The van der Waals surface area contributed by atoms with E-state index in [0.29, 0.717) is 6.07 Å². The lowest BCUT2D eigenvalue weighted by atomic mass is 10.3. The molecule has 1 rings (SSSR count). The Morgan fingerprint density at radius 3 is 2.33 bits per heavy atom. The van der Waals surface area contributed by atoms with Gasteiger partial charge in [0.15, 0.2) is 5.03 Å². The molecule has 0 saturated carbocycles. The summed E-state index contributed by atoms with van der Waals surface area (Å²) in [6.45, 7) is 0. The molecule has 84 valence electrons. The zero-order chi connectivity index (χ0) is 11.9. The quantitative estimate of drug-likeness (QED) is 0.746. The maximum Gasteiger partial charge on any atom is 0.419 e. The normalized spacial score (nSPS) is 12.9. The predicted molar refractivity (Wildman–Crippen MR) is 50.0 cm³/mol. The minimum Gasteiger partial charge on any atom is -0.242 e. The molecule has 0 aliphatic rings. The number of hydrogen-bond donors (Lipinski definition) is 0. The second-order valence-electron chi connectivity index (χ2n) is 2.44. The summed E-state index contributed by atoms with van der Waals surface area (Å²) >= 11 is 2.76. The van der Waals surface area contributed by atoms with Crippen LogP contribution in [-0.4, -0.2) is 13.4 Å². The van der Waals surface area contributed by atoms with E-state index < -0.39 is 25.8 Å². The highest BCUT2D eigenvalue weighted by molar-refractivity contribution is 9.10. The van der Waals surface area contributed by atoms with Crippen LogP contribution in [0, 0.1) is 0 Å². The first kappa shape index (κ1) is 12.7. The second-order valence-corrected chi connectivity index (χ2v) is 5.84. The molecule has 0 fully saturated rings. The number of aromatic nitrogens is 1. The standard InChI is InChI=1S/C6H2BrClF3NO2S/c7-3-1-4(6(9,10)11)5(12-2-3)15(8,13)14/h1-2H. The predicted octanol–water partition coefficient (Wildman–Crippen LogP) is 2.79. The fourth-order valence-electron chi connectivity index (χ4n) is 0.824. The lowest BCUT2D eigenvalue weighted by Crippen LogP contribution is -2.12. The van der Waals surface area contributed by atoms with Gasteiger partial charge in [0.2, 0.25) is 0 Å². The Morgan fingerprint density at radius 1 is 1.40 bits per heavy atom. The fourth-order valence-corrected chi connectivity index (χ4v) is 2.14. The topological polar surface area (TPSA) is 47.0 Å². The molecule has 0 unspecified atom stereocenters. The molecule has 0 aliphatic heterocycles. The van der Waals surface area contributed by atoms with Crippen molar-refractivity contribution in [2.75, 3.05) is 0 Å². The number of hydrogen-bond acceptors (Lipinski definition) is 3. The first-order valence-electron chi connectivity index (χ1n) is 3.30. The maximum atomic E-state index is 12.4. The van der Waals surface area contributed by atoms with Gasteiger partial charge in [-0.25, -0.2) is 13.4 Å². The lowest BCUT2D eigenvalue weighted by Gasteiger charge is -2.09. The lowest BCUT2D eigenvalue weighted by molar-refractivity contribution is -0.140. The molecule has 0 bridgehead atoms. The average molecular weight is 325 g/mol. The van der Waals surface area contributed by atoms with Gasteiger partial charge in [0.1, 0.15) is 0 Å². The van der Waals surface area contributed by atoms with Gasteiger partial charge in [0.25, 0.3) is 9.05 Å². The Kier molecular flexibility index (Phi) is 3.32. The van der Waals surface area contributed by atoms with Crippen LogP contribution >= 0.6 is 26.6 Å². The Hall–Kier alpha value is -0.340. The van der Waals surface area contributed by atoms with Crippen LogP contribution in [0.15, 0.2) is 21.8 Å². The first-order valence-corrected chi connectivity index (χ1v) is 6.40. The maximum absolute atomic E-state index is 12.4. The van der Waals surface area contributed by atoms with Gasteiger partial charge in [0, 0.05) is 21.4 Å². The molecule has 0 saturated heterocycles. The van der Waals surface area contributed by atoms with Crippen molar-refractivity contribution < 1.29 is 21.6 Å². The monoisotopic (exact) mass is 323 g/mol. The van der Waals surface area contributed by atoms with Gasteiger partial charge in [-0.1, -0.05) is 0 Å². The van der Waals surface area contributed by atoms with Gasteiger partial charge < -0.3 is 0 Å². The third kappa shape index (κ3) is 3.05.